The topological polar surface area (TPSA) is 174 Å². The largest absolute Gasteiger partial charge is 0.451 e. The maximum Gasteiger partial charge on any atom is 0.275 e. The first-order valence-corrected chi connectivity index (χ1v) is 15.4. The second-order valence-electron chi connectivity index (χ2n) is 8.91. The Hall–Kier alpha value is -3.90. The SMILES string of the molecule is C/C(=C\c1cc(F)c(Oc2ccc(S(=O)(=O)NCc3ccc(CP(C)(=O)O)cc3)cc2)c(F)c1)C(=O)N=C(N)N. The zero-order valence-electron chi connectivity index (χ0n) is 21.5. The zero-order valence-corrected chi connectivity index (χ0v) is 23.2. The van der Waals surface area contributed by atoms with Crippen molar-refractivity contribution in [2.45, 2.75) is 24.5 Å². The Balaban J connectivity index is 1.68. The van der Waals surface area contributed by atoms with Gasteiger partial charge in [-0.15, -0.1) is 0 Å². The molecule has 0 aliphatic rings. The van der Waals surface area contributed by atoms with Crippen molar-refractivity contribution in [1.82, 2.24) is 4.72 Å². The van der Waals surface area contributed by atoms with Crippen LogP contribution in [0, 0.1) is 11.6 Å². The quantitative estimate of drug-likeness (QED) is 0.119. The second kappa shape index (κ2) is 12.5. The Morgan fingerprint density at radius 3 is 2.12 bits per heavy atom. The summed E-state index contributed by atoms with van der Waals surface area (Å²) in [6.45, 7) is 2.61. The molecule has 14 heteroatoms. The molecule has 0 aliphatic heterocycles. The summed E-state index contributed by atoms with van der Waals surface area (Å²) in [5.74, 6) is -4.07. The molecule has 0 bridgehead atoms. The lowest BCUT2D eigenvalue weighted by Gasteiger charge is -2.11. The van der Waals surface area contributed by atoms with Gasteiger partial charge in [0, 0.05) is 24.9 Å². The number of carbonyl (C=O) groups excluding carboxylic acids is 1. The first-order chi connectivity index (χ1) is 18.6. The molecule has 1 unspecified atom stereocenters. The average molecular weight is 593 g/mol. The summed E-state index contributed by atoms with van der Waals surface area (Å²) in [7, 11) is -7.15. The molecule has 0 radical (unpaired) electrons. The van der Waals surface area contributed by atoms with Gasteiger partial charge in [0.2, 0.25) is 17.4 Å². The summed E-state index contributed by atoms with van der Waals surface area (Å²) in [6, 6.07) is 13.4. The molecule has 10 nitrogen and oxygen atoms in total. The van der Waals surface area contributed by atoms with E-state index >= 15 is 0 Å². The normalized spacial score (nSPS) is 13.4. The maximum atomic E-state index is 14.6. The molecular formula is C26H27F2N4O6PS. The number of benzene rings is 3. The molecule has 1 atom stereocenters. The monoisotopic (exact) mass is 592 g/mol. The number of nitrogens with one attached hydrogen (secondary N) is 1. The average Bonchev–Trinajstić information content (AvgIpc) is 2.85. The first-order valence-electron chi connectivity index (χ1n) is 11.6. The highest BCUT2D eigenvalue weighted by Crippen LogP contribution is 2.39. The third-order valence-electron chi connectivity index (χ3n) is 5.29. The van der Waals surface area contributed by atoms with E-state index in [1.807, 2.05) is 0 Å². The number of halogens is 2. The summed E-state index contributed by atoms with van der Waals surface area (Å²) in [6.07, 6.45) is 1.22. The minimum absolute atomic E-state index is 0.0177. The standard InChI is InChI=1S/C26H27F2N4O6PS/c1-16(25(33)32-26(29)30)11-19-12-22(27)24(23(28)13-19)38-20-7-9-21(10-8-20)40(36,37)31-14-17-3-5-18(6-4-17)15-39(2,34)35/h3-13,31H,14-15H2,1-2H3,(H,34,35)(H4,29,30,32,33)/b16-11+. The first kappa shape index (κ1) is 30.6. The Kier molecular flexibility index (Phi) is 9.59. The van der Waals surface area contributed by atoms with E-state index in [1.165, 1.54) is 43.9 Å². The van der Waals surface area contributed by atoms with Crippen molar-refractivity contribution in [3.63, 3.8) is 0 Å². The van der Waals surface area contributed by atoms with Gasteiger partial charge in [0.1, 0.15) is 5.75 Å². The fraction of sp³-hybridized carbons (Fsp3) is 0.154. The van der Waals surface area contributed by atoms with Crippen molar-refractivity contribution in [3.05, 3.63) is 94.6 Å². The molecule has 0 heterocycles. The van der Waals surface area contributed by atoms with Crippen LogP contribution in [0.4, 0.5) is 8.78 Å². The summed E-state index contributed by atoms with van der Waals surface area (Å²) >= 11 is 0. The number of ether oxygens (including phenoxy) is 1. The summed E-state index contributed by atoms with van der Waals surface area (Å²) in [4.78, 5) is 24.5. The molecule has 0 aliphatic carbocycles. The highest BCUT2D eigenvalue weighted by molar-refractivity contribution is 7.89. The van der Waals surface area contributed by atoms with Crippen LogP contribution in [0.3, 0.4) is 0 Å². The Morgan fingerprint density at radius 1 is 1.05 bits per heavy atom. The van der Waals surface area contributed by atoms with Crippen LogP contribution in [0.5, 0.6) is 11.5 Å². The zero-order chi connectivity index (χ0) is 29.7. The summed E-state index contributed by atoms with van der Waals surface area (Å²) in [5, 5.41) is 0. The van der Waals surface area contributed by atoms with E-state index in [-0.39, 0.29) is 34.5 Å². The molecule has 0 spiro atoms. The smallest absolute Gasteiger partial charge is 0.275 e. The van der Waals surface area contributed by atoms with Gasteiger partial charge in [0.25, 0.3) is 5.91 Å². The fourth-order valence-corrected chi connectivity index (χ4v) is 5.35. The van der Waals surface area contributed by atoms with Gasteiger partial charge in [0.15, 0.2) is 23.3 Å². The van der Waals surface area contributed by atoms with Gasteiger partial charge < -0.3 is 21.1 Å². The highest BCUT2D eigenvalue weighted by atomic mass is 32.2. The van der Waals surface area contributed by atoms with Crippen LogP contribution in [-0.4, -0.2) is 31.8 Å². The van der Waals surface area contributed by atoms with Crippen LogP contribution in [0.1, 0.15) is 23.6 Å². The molecule has 3 rings (SSSR count). The number of guanidine groups is 1. The van der Waals surface area contributed by atoms with Crippen molar-refractivity contribution in [2.75, 3.05) is 6.66 Å². The molecule has 212 valence electrons. The molecule has 40 heavy (non-hydrogen) atoms. The van der Waals surface area contributed by atoms with Gasteiger partial charge in [-0.1, -0.05) is 24.3 Å². The minimum Gasteiger partial charge on any atom is -0.451 e. The maximum absolute atomic E-state index is 14.6. The van der Waals surface area contributed by atoms with E-state index in [0.29, 0.717) is 11.1 Å². The van der Waals surface area contributed by atoms with Gasteiger partial charge in [-0.2, -0.15) is 4.99 Å². The summed E-state index contributed by atoms with van der Waals surface area (Å²) < 4.78 is 73.9. The molecule has 6 N–H and O–H groups in total. The number of amides is 1. The number of nitrogens with two attached hydrogens (primary N) is 2. The van der Waals surface area contributed by atoms with Crippen LogP contribution >= 0.6 is 7.37 Å². The number of sulfonamides is 1. The van der Waals surface area contributed by atoms with E-state index < -0.39 is 46.6 Å². The van der Waals surface area contributed by atoms with E-state index in [1.54, 1.807) is 24.3 Å². The van der Waals surface area contributed by atoms with Crippen molar-refractivity contribution in [1.29, 1.82) is 0 Å². The van der Waals surface area contributed by atoms with Gasteiger partial charge in [-0.05, 0) is 66.1 Å². The van der Waals surface area contributed by atoms with Gasteiger partial charge in [0.05, 0.1) is 4.90 Å². The van der Waals surface area contributed by atoms with Crippen LogP contribution in [0.25, 0.3) is 6.08 Å². The molecule has 0 saturated carbocycles. The molecule has 0 saturated heterocycles. The van der Waals surface area contributed by atoms with Crippen LogP contribution < -0.4 is 20.9 Å². The van der Waals surface area contributed by atoms with Crippen LogP contribution in [0.15, 0.2) is 76.1 Å². The van der Waals surface area contributed by atoms with Crippen LogP contribution in [-0.2, 0) is 32.1 Å². The van der Waals surface area contributed by atoms with Crippen molar-refractivity contribution in [2.24, 2.45) is 16.5 Å². The Morgan fingerprint density at radius 2 is 1.60 bits per heavy atom. The molecule has 3 aromatic rings. The highest BCUT2D eigenvalue weighted by Gasteiger charge is 2.17. The van der Waals surface area contributed by atoms with Gasteiger partial charge >= 0.3 is 0 Å². The Labute approximate surface area is 229 Å². The second-order valence-corrected chi connectivity index (χ2v) is 13.1. The van der Waals surface area contributed by atoms with Crippen LogP contribution in [0.2, 0.25) is 0 Å². The van der Waals surface area contributed by atoms with E-state index in [2.05, 4.69) is 9.71 Å². The number of carbonyl (C=O) groups is 1. The van der Waals surface area contributed by atoms with Crippen molar-refractivity contribution >= 4 is 35.3 Å². The molecule has 1 amide bonds. The predicted molar refractivity (Wildman–Crippen MR) is 147 cm³/mol. The lowest BCUT2D eigenvalue weighted by molar-refractivity contribution is -0.114. The van der Waals surface area contributed by atoms with E-state index in [0.717, 1.165) is 12.1 Å². The third-order valence-corrected chi connectivity index (χ3v) is 7.66. The minimum atomic E-state index is -3.93. The molecule has 0 fully saturated rings. The Bertz CT molecular complexity index is 1590. The molecule has 0 aromatic heterocycles. The van der Waals surface area contributed by atoms with Crippen molar-refractivity contribution < 1.29 is 36.2 Å². The summed E-state index contributed by atoms with van der Waals surface area (Å²) in [5.41, 5.74) is 11.7. The number of hydrogen-bond donors (Lipinski definition) is 4. The lowest BCUT2D eigenvalue weighted by Crippen LogP contribution is -2.24. The van der Waals surface area contributed by atoms with E-state index in [9.17, 15) is 31.5 Å². The fourth-order valence-electron chi connectivity index (χ4n) is 3.45. The number of rotatable bonds is 10. The lowest BCUT2D eigenvalue weighted by atomic mass is 10.1. The number of nitrogens with zero attached hydrogens (tertiary/aromatic N) is 1. The number of hydrogen-bond acceptors (Lipinski definition) is 5. The predicted octanol–water partition coefficient (Wildman–Crippen LogP) is 3.84. The van der Waals surface area contributed by atoms with E-state index in [4.69, 9.17) is 16.2 Å². The van der Waals surface area contributed by atoms with Gasteiger partial charge in [-0.3, -0.25) is 9.36 Å². The van der Waals surface area contributed by atoms with Gasteiger partial charge in [-0.25, -0.2) is 21.9 Å². The third kappa shape index (κ3) is 8.82. The number of aliphatic imine (C=N–C) groups is 1. The molecular weight excluding hydrogens is 565 g/mol. The van der Waals surface area contributed by atoms with Crippen molar-refractivity contribution in [3.8, 4) is 11.5 Å². The molecule has 3 aromatic carbocycles.